The molecule has 0 saturated heterocycles. The molecular formula is C17H19NO2S. The molecule has 0 bridgehead atoms. The third-order valence-corrected chi connectivity index (χ3v) is 5.91. The minimum Gasteiger partial charge on any atom is -0.266 e. The number of anilines is 1. The lowest BCUT2D eigenvalue weighted by molar-refractivity contribution is 0.591. The van der Waals surface area contributed by atoms with Gasteiger partial charge in [0.25, 0.3) is 10.0 Å². The Labute approximate surface area is 126 Å². The molecule has 0 spiro atoms. The molecule has 110 valence electrons. The molecule has 2 aromatic rings. The van der Waals surface area contributed by atoms with Gasteiger partial charge in [0.1, 0.15) is 0 Å². The molecule has 0 aromatic heterocycles. The molecule has 3 rings (SSSR count). The predicted octanol–water partition coefficient (Wildman–Crippen LogP) is 3.81. The van der Waals surface area contributed by atoms with Crippen molar-refractivity contribution < 1.29 is 8.42 Å². The Hall–Kier alpha value is -1.81. The van der Waals surface area contributed by atoms with Crippen LogP contribution < -0.4 is 4.31 Å². The summed E-state index contributed by atoms with van der Waals surface area (Å²) in [6.45, 7) is 8.32. The van der Waals surface area contributed by atoms with Crippen LogP contribution in [-0.2, 0) is 10.0 Å². The number of benzene rings is 2. The van der Waals surface area contributed by atoms with Crippen molar-refractivity contribution in [2.45, 2.75) is 32.6 Å². The minimum atomic E-state index is -3.47. The van der Waals surface area contributed by atoms with E-state index in [1.165, 1.54) is 4.31 Å². The maximum atomic E-state index is 12.9. The van der Waals surface area contributed by atoms with Gasteiger partial charge in [0, 0.05) is 17.7 Å². The maximum Gasteiger partial charge on any atom is 0.264 e. The molecule has 0 amide bonds. The number of nitrogens with zero attached hydrogens (tertiary/aromatic N) is 1. The Balaban J connectivity index is 2.48. The fraction of sp³-hybridized carbons (Fsp3) is 0.294. The van der Waals surface area contributed by atoms with Crippen LogP contribution >= 0.6 is 0 Å². The zero-order valence-corrected chi connectivity index (χ0v) is 13.6. The number of fused-ring (bicyclic) bond motifs is 3. The van der Waals surface area contributed by atoms with E-state index < -0.39 is 10.0 Å². The molecule has 0 unspecified atom stereocenters. The first-order chi connectivity index (χ1) is 9.86. The van der Waals surface area contributed by atoms with Crippen molar-refractivity contribution in [3.05, 3.63) is 47.0 Å². The van der Waals surface area contributed by atoms with E-state index in [-0.39, 0.29) is 0 Å². The van der Waals surface area contributed by atoms with Crippen molar-refractivity contribution in [1.82, 2.24) is 0 Å². The second-order valence-electron chi connectivity index (χ2n) is 5.65. The molecule has 0 aliphatic carbocycles. The summed E-state index contributed by atoms with van der Waals surface area (Å²) in [6.07, 6.45) is 0. The smallest absolute Gasteiger partial charge is 0.264 e. The van der Waals surface area contributed by atoms with E-state index in [2.05, 4.69) is 6.07 Å². The van der Waals surface area contributed by atoms with Crippen LogP contribution in [0.2, 0.25) is 0 Å². The van der Waals surface area contributed by atoms with Crippen molar-refractivity contribution in [2.24, 2.45) is 0 Å². The zero-order chi connectivity index (χ0) is 15.4. The Morgan fingerprint density at radius 2 is 1.62 bits per heavy atom. The zero-order valence-electron chi connectivity index (χ0n) is 12.8. The van der Waals surface area contributed by atoms with Gasteiger partial charge in [0.05, 0.1) is 10.6 Å². The first-order valence-electron chi connectivity index (χ1n) is 7.11. The van der Waals surface area contributed by atoms with E-state index in [1.54, 1.807) is 6.07 Å². The fourth-order valence-corrected chi connectivity index (χ4v) is 4.89. The van der Waals surface area contributed by atoms with Crippen molar-refractivity contribution >= 4 is 15.7 Å². The molecular weight excluding hydrogens is 282 g/mol. The molecule has 3 nitrogen and oxygen atoms in total. The Morgan fingerprint density at radius 1 is 0.952 bits per heavy atom. The first kappa shape index (κ1) is 14.1. The van der Waals surface area contributed by atoms with Gasteiger partial charge in [-0.1, -0.05) is 23.3 Å². The number of hydrogen-bond donors (Lipinski definition) is 0. The third-order valence-electron chi connectivity index (χ3n) is 3.97. The summed E-state index contributed by atoms with van der Waals surface area (Å²) in [5, 5.41) is 0. The van der Waals surface area contributed by atoms with Gasteiger partial charge in [-0.3, -0.25) is 4.31 Å². The average molecular weight is 301 g/mol. The van der Waals surface area contributed by atoms with Gasteiger partial charge in [-0.05, 0) is 51.5 Å². The highest BCUT2D eigenvalue weighted by atomic mass is 32.2. The van der Waals surface area contributed by atoms with E-state index >= 15 is 0 Å². The van der Waals surface area contributed by atoms with E-state index in [0.29, 0.717) is 11.4 Å². The van der Waals surface area contributed by atoms with E-state index in [4.69, 9.17) is 0 Å². The summed E-state index contributed by atoms with van der Waals surface area (Å²) < 4.78 is 27.3. The standard InChI is InChI=1S/C17H19NO2S/c1-5-18-17-13(4)8-12(3)10-15(17)14-9-11(2)6-7-16(14)21(18,19)20/h6-10H,5H2,1-4H3. The monoisotopic (exact) mass is 301 g/mol. The fourth-order valence-electron chi connectivity index (χ4n) is 3.14. The lowest BCUT2D eigenvalue weighted by atomic mass is 9.96. The third kappa shape index (κ3) is 1.97. The summed E-state index contributed by atoms with van der Waals surface area (Å²) in [7, 11) is -3.47. The number of hydrogen-bond acceptors (Lipinski definition) is 2. The molecule has 21 heavy (non-hydrogen) atoms. The van der Waals surface area contributed by atoms with Crippen LogP contribution in [0, 0.1) is 20.8 Å². The lowest BCUT2D eigenvalue weighted by Crippen LogP contribution is -2.34. The van der Waals surface area contributed by atoms with Crippen molar-refractivity contribution in [2.75, 3.05) is 10.8 Å². The Bertz CT molecular complexity index is 838. The largest absolute Gasteiger partial charge is 0.266 e. The van der Waals surface area contributed by atoms with Gasteiger partial charge >= 0.3 is 0 Å². The van der Waals surface area contributed by atoms with Gasteiger partial charge in [-0.15, -0.1) is 0 Å². The summed E-state index contributed by atoms with van der Waals surface area (Å²) in [4.78, 5) is 0.410. The Kier molecular flexibility index (Phi) is 3.10. The number of aryl methyl sites for hydroxylation is 3. The lowest BCUT2D eigenvalue weighted by Gasteiger charge is -2.33. The van der Waals surface area contributed by atoms with Crippen molar-refractivity contribution in [3.63, 3.8) is 0 Å². The van der Waals surface area contributed by atoms with E-state index in [1.807, 2.05) is 45.9 Å². The number of rotatable bonds is 1. The van der Waals surface area contributed by atoms with Gasteiger partial charge in [-0.25, -0.2) is 8.42 Å². The average Bonchev–Trinajstić information content (AvgIpc) is 2.39. The van der Waals surface area contributed by atoms with Crippen LogP contribution in [-0.4, -0.2) is 15.0 Å². The summed E-state index contributed by atoms with van der Waals surface area (Å²) in [6, 6.07) is 9.68. The summed E-state index contributed by atoms with van der Waals surface area (Å²) in [5.41, 5.74) is 5.88. The summed E-state index contributed by atoms with van der Waals surface area (Å²) >= 11 is 0. The molecule has 0 atom stereocenters. The normalized spacial score (nSPS) is 15.5. The van der Waals surface area contributed by atoms with Gasteiger partial charge < -0.3 is 0 Å². The van der Waals surface area contributed by atoms with Crippen LogP contribution in [0.1, 0.15) is 23.6 Å². The SMILES string of the molecule is CCN1c2c(C)cc(C)cc2-c2cc(C)ccc2S1(=O)=O. The molecule has 1 aliphatic rings. The first-order valence-corrected chi connectivity index (χ1v) is 8.55. The van der Waals surface area contributed by atoms with Crippen LogP contribution in [0.4, 0.5) is 5.69 Å². The topological polar surface area (TPSA) is 37.4 Å². The maximum absolute atomic E-state index is 12.9. The molecule has 4 heteroatoms. The van der Waals surface area contributed by atoms with Gasteiger partial charge in [-0.2, -0.15) is 0 Å². The highest BCUT2D eigenvalue weighted by Gasteiger charge is 2.34. The highest BCUT2D eigenvalue weighted by Crippen LogP contribution is 2.45. The molecule has 0 N–H and O–H groups in total. The second kappa shape index (κ2) is 4.60. The van der Waals surface area contributed by atoms with Gasteiger partial charge in [0.15, 0.2) is 0 Å². The van der Waals surface area contributed by atoms with Crippen molar-refractivity contribution in [3.8, 4) is 11.1 Å². The van der Waals surface area contributed by atoms with Crippen LogP contribution in [0.25, 0.3) is 11.1 Å². The minimum absolute atomic E-state index is 0.410. The molecule has 1 aliphatic heterocycles. The van der Waals surface area contributed by atoms with Crippen LogP contribution in [0.5, 0.6) is 0 Å². The molecule has 0 saturated carbocycles. The predicted molar refractivity (Wildman–Crippen MR) is 86.3 cm³/mol. The molecule has 1 heterocycles. The quantitative estimate of drug-likeness (QED) is 0.803. The van der Waals surface area contributed by atoms with Crippen LogP contribution in [0.3, 0.4) is 0 Å². The number of sulfonamides is 1. The van der Waals surface area contributed by atoms with Crippen LogP contribution in [0.15, 0.2) is 35.2 Å². The second-order valence-corrected chi connectivity index (χ2v) is 7.48. The Morgan fingerprint density at radius 3 is 2.29 bits per heavy atom. The molecule has 0 radical (unpaired) electrons. The highest BCUT2D eigenvalue weighted by molar-refractivity contribution is 7.93. The van der Waals surface area contributed by atoms with E-state index in [0.717, 1.165) is 33.5 Å². The van der Waals surface area contributed by atoms with E-state index in [9.17, 15) is 8.42 Å². The van der Waals surface area contributed by atoms with Crippen molar-refractivity contribution in [1.29, 1.82) is 0 Å². The van der Waals surface area contributed by atoms with Gasteiger partial charge in [0.2, 0.25) is 0 Å². The summed E-state index contributed by atoms with van der Waals surface area (Å²) in [5.74, 6) is 0. The molecule has 0 fully saturated rings. The molecule has 2 aromatic carbocycles.